The zero-order chi connectivity index (χ0) is 20.3. The number of hydrogen-bond acceptors (Lipinski definition) is 3. The Balaban J connectivity index is 2.10. The molecule has 0 bridgehead atoms. The number of methoxy groups -OCH3 is 1. The van der Waals surface area contributed by atoms with Gasteiger partial charge in [0.25, 0.3) is 0 Å². The summed E-state index contributed by atoms with van der Waals surface area (Å²) in [5, 5.41) is 0. The zero-order valence-corrected chi connectivity index (χ0v) is 17.4. The van der Waals surface area contributed by atoms with E-state index in [1.807, 2.05) is 61.5 Å². The first-order valence-electron chi connectivity index (χ1n) is 9.11. The van der Waals surface area contributed by atoms with E-state index < -0.39 is 16.1 Å². The van der Waals surface area contributed by atoms with Gasteiger partial charge in [0.05, 0.1) is 18.0 Å². The first kappa shape index (κ1) is 20.1. The molecule has 0 saturated heterocycles. The molecule has 0 spiro atoms. The van der Waals surface area contributed by atoms with Crippen molar-refractivity contribution in [3.8, 4) is 5.75 Å². The lowest BCUT2D eigenvalue weighted by molar-refractivity contribution is 0.413. The van der Waals surface area contributed by atoms with E-state index in [0.717, 1.165) is 16.7 Å². The molecule has 3 aromatic carbocycles. The van der Waals surface area contributed by atoms with E-state index in [0.29, 0.717) is 21.8 Å². The first-order valence-corrected chi connectivity index (χ1v) is 10.6. The molecule has 4 nitrogen and oxygen atoms in total. The summed E-state index contributed by atoms with van der Waals surface area (Å²) in [5.74, 6) is 0.646. The van der Waals surface area contributed by atoms with Gasteiger partial charge in [-0.2, -0.15) is 4.72 Å². The van der Waals surface area contributed by atoms with Crippen molar-refractivity contribution >= 4 is 10.0 Å². The van der Waals surface area contributed by atoms with Crippen molar-refractivity contribution in [2.75, 3.05) is 7.11 Å². The van der Waals surface area contributed by atoms with Crippen LogP contribution in [-0.4, -0.2) is 15.5 Å². The second-order valence-electron chi connectivity index (χ2n) is 6.91. The lowest BCUT2D eigenvalue weighted by Crippen LogP contribution is -2.31. The van der Waals surface area contributed by atoms with Crippen molar-refractivity contribution in [3.63, 3.8) is 0 Å². The largest absolute Gasteiger partial charge is 0.497 e. The normalized spacial score (nSPS) is 12.6. The number of hydrogen-bond donors (Lipinski definition) is 1. The van der Waals surface area contributed by atoms with Crippen molar-refractivity contribution in [1.29, 1.82) is 0 Å². The van der Waals surface area contributed by atoms with Gasteiger partial charge in [0.2, 0.25) is 10.0 Å². The van der Waals surface area contributed by atoms with Gasteiger partial charge >= 0.3 is 0 Å². The standard InChI is InChI=1S/C23H25NO3S/c1-16-10-8-9-13-21(16)22(19-11-6-5-7-12-19)24-28(25,26)23-17(2)14-20(27-4)15-18(23)3/h5-15,22,24H,1-4H3. The summed E-state index contributed by atoms with van der Waals surface area (Å²) >= 11 is 0. The van der Waals surface area contributed by atoms with Crippen molar-refractivity contribution in [3.05, 3.63) is 94.5 Å². The van der Waals surface area contributed by atoms with Crippen LogP contribution in [-0.2, 0) is 10.0 Å². The van der Waals surface area contributed by atoms with Crippen LogP contribution in [0.2, 0.25) is 0 Å². The summed E-state index contributed by atoms with van der Waals surface area (Å²) in [6, 6.07) is 20.5. The van der Waals surface area contributed by atoms with Gasteiger partial charge in [0.1, 0.15) is 5.75 Å². The lowest BCUT2D eigenvalue weighted by atomic mass is 9.96. The second-order valence-corrected chi connectivity index (χ2v) is 8.56. The van der Waals surface area contributed by atoms with Crippen LogP contribution in [0.25, 0.3) is 0 Å². The third-order valence-electron chi connectivity index (χ3n) is 4.84. The maximum absolute atomic E-state index is 13.4. The summed E-state index contributed by atoms with van der Waals surface area (Å²) in [6.45, 7) is 5.56. The predicted molar refractivity (Wildman–Crippen MR) is 112 cm³/mol. The summed E-state index contributed by atoms with van der Waals surface area (Å²) in [6.07, 6.45) is 0. The monoisotopic (exact) mass is 395 g/mol. The van der Waals surface area contributed by atoms with Crippen molar-refractivity contribution < 1.29 is 13.2 Å². The Morgan fingerprint density at radius 3 is 1.96 bits per heavy atom. The Kier molecular flexibility index (Phi) is 5.87. The average molecular weight is 396 g/mol. The van der Waals surface area contributed by atoms with E-state index in [1.165, 1.54) is 0 Å². The fourth-order valence-electron chi connectivity index (χ4n) is 3.53. The maximum Gasteiger partial charge on any atom is 0.241 e. The number of rotatable bonds is 6. The minimum Gasteiger partial charge on any atom is -0.497 e. The third kappa shape index (κ3) is 4.11. The molecule has 1 atom stereocenters. The summed E-state index contributed by atoms with van der Waals surface area (Å²) in [7, 11) is -2.19. The molecule has 0 aliphatic carbocycles. The molecule has 0 aliphatic heterocycles. The highest BCUT2D eigenvalue weighted by atomic mass is 32.2. The molecular weight excluding hydrogens is 370 g/mol. The number of ether oxygens (including phenoxy) is 1. The topological polar surface area (TPSA) is 55.4 Å². The first-order chi connectivity index (χ1) is 13.3. The molecular formula is C23H25NO3S. The van der Waals surface area contributed by atoms with E-state index >= 15 is 0 Å². The van der Waals surface area contributed by atoms with E-state index in [-0.39, 0.29) is 0 Å². The van der Waals surface area contributed by atoms with E-state index in [1.54, 1.807) is 33.1 Å². The van der Waals surface area contributed by atoms with Gasteiger partial charge in [-0.1, -0.05) is 54.6 Å². The van der Waals surface area contributed by atoms with Gasteiger partial charge < -0.3 is 4.74 Å². The average Bonchev–Trinajstić information content (AvgIpc) is 2.66. The molecule has 0 radical (unpaired) electrons. The molecule has 0 fully saturated rings. The van der Waals surface area contributed by atoms with Crippen molar-refractivity contribution in [2.24, 2.45) is 0 Å². The van der Waals surface area contributed by atoms with Gasteiger partial charge in [-0.3, -0.25) is 0 Å². The minimum atomic E-state index is -3.76. The SMILES string of the molecule is COc1cc(C)c(S(=O)(=O)NC(c2ccccc2)c2ccccc2C)c(C)c1. The van der Waals surface area contributed by atoms with Crippen LogP contribution >= 0.6 is 0 Å². The number of aryl methyl sites for hydroxylation is 3. The van der Waals surface area contributed by atoms with Gasteiger partial charge in [0.15, 0.2) is 0 Å². The van der Waals surface area contributed by atoms with E-state index in [2.05, 4.69) is 4.72 Å². The van der Waals surface area contributed by atoms with Gasteiger partial charge in [-0.25, -0.2) is 8.42 Å². The Labute approximate surface area is 167 Å². The summed E-state index contributed by atoms with van der Waals surface area (Å²) in [5.41, 5.74) is 4.16. The molecule has 0 aromatic heterocycles. The van der Waals surface area contributed by atoms with Crippen LogP contribution < -0.4 is 9.46 Å². The van der Waals surface area contributed by atoms with Crippen LogP contribution in [0.4, 0.5) is 0 Å². The third-order valence-corrected chi connectivity index (χ3v) is 6.57. The van der Waals surface area contributed by atoms with Crippen LogP contribution in [0, 0.1) is 20.8 Å². The summed E-state index contributed by atoms with van der Waals surface area (Å²) < 4.78 is 35.0. The fraction of sp³-hybridized carbons (Fsp3) is 0.217. The van der Waals surface area contributed by atoms with E-state index in [9.17, 15) is 8.42 Å². The van der Waals surface area contributed by atoms with Crippen LogP contribution in [0.1, 0.15) is 33.9 Å². The maximum atomic E-state index is 13.4. The van der Waals surface area contributed by atoms with Crippen LogP contribution in [0.15, 0.2) is 71.6 Å². The zero-order valence-electron chi connectivity index (χ0n) is 16.6. The van der Waals surface area contributed by atoms with Gasteiger partial charge in [-0.05, 0) is 60.7 Å². The van der Waals surface area contributed by atoms with Crippen LogP contribution in [0.3, 0.4) is 0 Å². The highest BCUT2D eigenvalue weighted by molar-refractivity contribution is 7.89. The molecule has 0 amide bonds. The van der Waals surface area contributed by atoms with Crippen molar-refractivity contribution in [2.45, 2.75) is 31.7 Å². The van der Waals surface area contributed by atoms with Crippen LogP contribution in [0.5, 0.6) is 5.75 Å². The quantitative estimate of drug-likeness (QED) is 0.659. The number of sulfonamides is 1. The highest BCUT2D eigenvalue weighted by Gasteiger charge is 2.26. The molecule has 0 heterocycles. The molecule has 3 rings (SSSR count). The molecule has 5 heteroatoms. The van der Waals surface area contributed by atoms with Gasteiger partial charge in [-0.15, -0.1) is 0 Å². The Morgan fingerprint density at radius 2 is 1.39 bits per heavy atom. The van der Waals surface area contributed by atoms with Gasteiger partial charge in [0, 0.05) is 0 Å². The highest BCUT2D eigenvalue weighted by Crippen LogP contribution is 2.30. The molecule has 146 valence electrons. The fourth-order valence-corrected chi connectivity index (χ4v) is 5.19. The lowest BCUT2D eigenvalue weighted by Gasteiger charge is -2.23. The number of nitrogens with one attached hydrogen (secondary N) is 1. The molecule has 1 N–H and O–H groups in total. The predicted octanol–water partition coefficient (Wildman–Crippen LogP) is 4.69. The second kappa shape index (κ2) is 8.17. The number of benzene rings is 3. The van der Waals surface area contributed by atoms with E-state index in [4.69, 9.17) is 4.74 Å². The Hall–Kier alpha value is -2.63. The Morgan fingerprint density at radius 1 is 0.821 bits per heavy atom. The molecule has 3 aromatic rings. The molecule has 28 heavy (non-hydrogen) atoms. The van der Waals surface area contributed by atoms with Crippen molar-refractivity contribution in [1.82, 2.24) is 4.72 Å². The molecule has 0 aliphatic rings. The minimum absolute atomic E-state index is 0.294. The Bertz CT molecular complexity index is 1050. The molecule has 0 saturated carbocycles. The molecule has 1 unspecified atom stereocenters. The smallest absolute Gasteiger partial charge is 0.241 e. The summed E-state index contributed by atoms with van der Waals surface area (Å²) in [4.78, 5) is 0.294.